The van der Waals surface area contributed by atoms with Crippen LogP contribution in [0.3, 0.4) is 0 Å². The number of hydrogen-bond acceptors (Lipinski definition) is 4. The van der Waals surface area contributed by atoms with Crippen LogP contribution in [0.5, 0.6) is 0 Å². The van der Waals surface area contributed by atoms with Gasteiger partial charge < -0.3 is 19.4 Å². The van der Waals surface area contributed by atoms with E-state index in [9.17, 15) is 14.4 Å². The molecule has 2 saturated heterocycles. The van der Waals surface area contributed by atoms with Crippen LogP contribution in [0.4, 0.5) is 4.79 Å². The Bertz CT molecular complexity index is 696. The highest BCUT2D eigenvalue weighted by Crippen LogP contribution is 2.23. The van der Waals surface area contributed by atoms with E-state index >= 15 is 0 Å². The molecule has 2 heterocycles. The van der Waals surface area contributed by atoms with Crippen LogP contribution in [-0.2, 0) is 20.9 Å². The molecule has 7 heteroatoms. The van der Waals surface area contributed by atoms with Gasteiger partial charge in [-0.05, 0) is 19.4 Å². The molecule has 0 spiro atoms. The molecule has 2 aliphatic rings. The van der Waals surface area contributed by atoms with Crippen LogP contribution in [0.25, 0.3) is 0 Å². The highest BCUT2D eigenvalue weighted by molar-refractivity contribution is 5.89. The number of nitrogens with zero attached hydrogens (tertiary/aromatic N) is 3. The molecule has 0 bridgehead atoms. The summed E-state index contributed by atoms with van der Waals surface area (Å²) >= 11 is 0. The largest absolute Gasteiger partial charge is 0.450 e. The van der Waals surface area contributed by atoms with Gasteiger partial charge in [0.25, 0.3) is 0 Å². The zero-order chi connectivity index (χ0) is 19.4. The number of piperazine rings is 1. The summed E-state index contributed by atoms with van der Waals surface area (Å²) in [4.78, 5) is 42.1. The van der Waals surface area contributed by atoms with E-state index in [0.29, 0.717) is 45.9 Å². The van der Waals surface area contributed by atoms with Gasteiger partial charge in [-0.25, -0.2) is 4.79 Å². The molecule has 1 aromatic carbocycles. The Balaban J connectivity index is 1.52. The van der Waals surface area contributed by atoms with E-state index in [-0.39, 0.29) is 30.2 Å². The summed E-state index contributed by atoms with van der Waals surface area (Å²) in [5.41, 5.74) is 2.26. The van der Waals surface area contributed by atoms with Crippen LogP contribution < -0.4 is 0 Å². The van der Waals surface area contributed by atoms with Crippen LogP contribution in [0, 0.1) is 12.8 Å². The van der Waals surface area contributed by atoms with Crippen LogP contribution in [0.1, 0.15) is 24.5 Å². The maximum Gasteiger partial charge on any atom is 0.409 e. The van der Waals surface area contributed by atoms with E-state index in [4.69, 9.17) is 4.74 Å². The van der Waals surface area contributed by atoms with Gasteiger partial charge in [0.15, 0.2) is 0 Å². The number of ether oxygens (including phenoxy) is 1. The van der Waals surface area contributed by atoms with Gasteiger partial charge in [0.2, 0.25) is 11.8 Å². The van der Waals surface area contributed by atoms with Crippen molar-refractivity contribution in [1.82, 2.24) is 14.7 Å². The third-order valence-electron chi connectivity index (χ3n) is 5.18. The number of carbonyl (C=O) groups excluding carboxylic acids is 3. The minimum atomic E-state index is -0.329. The van der Waals surface area contributed by atoms with Gasteiger partial charge >= 0.3 is 6.09 Å². The highest BCUT2D eigenvalue weighted by Gasteiger charge is 2.37. The Hall–Kier alpha value is -2.57. The Morgan fingerprint density at radius 2 is 1.70 bits per heavy atom. The molecule has 7 nitrogen and oxygen atoms in total. The Kier molecular flexibility index (Phi) is 5.98. The molecular weight excluding hydrogens is 346 g/mol. The molecule has 0 aromatic heterocycles. The monoisotopic (exact) mass is 373 g/mol. The summed E-state index contributed by atoms with van der Waals surface area (Å²) in [7, 11) is 0. The molecule has 0 radical (unpaired) electrons. The first kappa shape index (κ1) is 19.2. The molecule has 2 fully saturated rings. The summed E-state index contributed by atoms with van der Waals surface area (Å²) in [5, 5.41) is 0. The van der Waals surface area contributed by atoms with Gasteiger partial charge in [-0.1, -0.05) is 29.8 Å². The molecule has 27 heavy (non-hydrogen) atoms. The fourth-order valence-electron chi connectivity index (χ4n) is 3.59. The number of amides is 3. The number of carbonyl (C=O) groups is 3. The third-order valence-corrected chi connectivity index (χ3v) is 5.18. The van der Waals surface area contributed by atoms with Crippen molar-refractivity contribution in [3.8, 4) is 0 Å². The van der Waals surface area contributed by atoms with Gasteiger partial charge in [0.05, 0.1) is 12.5 Å². The van der Waals surface area contributed by atoms with E-state index in [1.54, 1.807) is 21.6 Å². The molecule has 0 saturated carbocycles. The van der Waals surface area contributed by atoms with Gasteiger partial charge in [-0.3, -0.25) is 9.59 Å². The van der Waals surface area contributed by atoms with Crippen molar-refractivity contribution < 1.29 is 19.1 Å². The van der Waals surface area contributed by atoms with Crippen molar-refractivity contribution in [1.29, 1.82) is 0 Å². The lowest BCUT2D eigenvalue weighted by Crippen LogP contribution is -2.52. The average molecular weight is 373 g/mol. The first-order valence-corrected chi connectivity index (χ1v) is 9.51. The van der Waals surface area contributed by atoms with Crippen LogP contribution in [0.15, 0.2) is 24.3 Å². The molecule has 2 aliphatic heterocycles. The van der Waals surface area contributed by atoms with Crippen molar-refractivity contribution in [2.45, 2.75) is 26.8 Å². The molecule has 146 valence electrons. The Morgan fingerprint density at radius 3 is 2.33 bits per heavy atom. The smallest absolute Gasteiger partial charge is 0.409 e. The van der Waals surface area contributed by atoms with Crippen molar-refractivity contribution in [3.63, 3.8) is 0 Å². The molecule has 0 aliphatic carbocycles. The Morgan fingerprint density at radius 1 is 1.07 bits per heavy atom. The van der Waals surface area contributed by atoms with Crippen molar-refractivity contribution in [2.24, 2.45) is 5.92 Å². The van der Waals surface area contributed by atoms with E-state index in [2.05, 4.69) is 0 Å². The molecule has 1 atom stereocenters. The lowest BCUT2D eigenvalue weighted by Gasteiger charge is -2.35. The van der Waals surface area contributed by atoms with Crippen LogP contribution in [0.2, 0.25) is 0 Å². The van der Waals surface area contributed by atoms with Gasteiger partial charge in [0.1, 0.15) is 0 Å². The minimum Gasteiger partial charge on any atom is -0.450 e. The third kappa shape index (κ3) is 4.59. The number of rotatable bonds is 4. The SMILES string of the molecule is CCOC(=O)N1CCN(C(=O)C2CC(=O)N(Cc3ccc(C)cc3)C2)CC1. The summed E-state index contributed by atoms with van der Waals surface area (Å²) < 4.78 is 5.00. The summed E-state index contributed by atoms with van der Waals surface area (Å²) in [6.07, 6.45) is -0.0621. The fraction of sp³-hybridized carbons (Fsp3) is 0.550. The lowest BCUT2D eigenvalue weighted by molar-refractivity contribution is -0.137. The number of hydrogen-bond donors (Lipinski definition) is 0. The molecule has 1 unspecified atom stereocenters. The van der Waals surface area contributed by atoms with Gasteiger partial charge in [-0.2, -0.15) is 0 Å². The predicted octanol–water partition coefficient (Wildman–Crippen LogP) is 1.64. The zero-order valence-corrected chi connectivity index (χ0v) is 16.0. The first-order valence-electron chi connectivity index (χ1n) is 9.51. The van der Waals surface area contributed by atoms with Gasteiger partial charge in [0, 0.05) is 45.7 Å². The van der Waals surface area contributed by atoms with E-state index in [0.717, 1.165) is 5.56 Å². The summed E-state index contributed by atoms with van der Waals surface area (Å²) in [5.74, 6) is -0.255. The fourth-order valence-corrected chi connectivity index (χ4v) is 3.59. The second-order valence-corrected chi connectivity index (χ2v) is 7.17. The minimum absolute atomic E-state index is 0.0123. The predicted molar refractivity (Wildman–Crippen MR) is 99.9 cm³/mol. The maximum absolute atomic E-state index is 12.8. The lowest BCUT2D eigenvalue weighted by atomic mass is 10.1. The molecule has 1 aromatic rings. The van der Waals surface area contributed by atoms with Gasteiger partial charge in [-0.15, -0.1) is 0 Å². The standard InChI is InChI=1S/C20H27N3O4/c1-3-27-20(26)22-10-8-21(9-11-22)19(25)17-12-18(24)23(14-17)13-16-6-4-15(2)5-7-16/h4-7,17H,3,8-14H2,1-2H3. The molecule has 0 N–H and O–H groups in total. The topological polar surface area (TPSA) is 70.2 Å². The second kappa shape index (κ2) is 8.41. The van der Waals surface area contributed by atoms with Crippen LogP contribution in [-0.4, -0.2) is 71.9 Å². The van der Waals surface area contributed by atoms with E-state index in [1.165, 1.54) is 5.56 Å². The number of aryl methyl sites for hydroxylation is 1. The maximum atomic E-state index is 12.8. The second-order valence-electron chi connectivity index (χ2n) is 7.17. The summed E-state index contributed by atoms with van der Waals surface area (Å²) in [6, 6.07) is 8.10. The molecule has 3 rings (SSSR count). The van der Waals surface area contributed by atoms with Crippen molar-refractivity contribution >= 4 is 17.9 Å². The Labute approximate surface area is 159 Å². The van der Waals surface area contributed by atoms with E-state index in [1.807, 2.05) is 31.2 Å². The number of benzene rings is 1. The zero-order valence-electron chi connectivity index (χ0n) is 16.0. The summed E-state index contributed by atoms with van der Waals surface area (Å²) in [6.45, 7) is 7.07. The molecule has 3 amide bonds. The van der Waals surface area contributed by atoms with E-state index < -0.39 is 0 Å². The first-order chi connectivity index (χ1) is 13.0. The van der Waals surface area contributed by atoms with Crippen molar-refractivity contribution in [2.75, 3.05) is 39.3 Å². The number of likely N-dealkylation sites (tertiary alicyclic amines) is 1. The quantitative estimate of drug-likeness (QED) is 0.805. The average Bonchev–Trinajstić information content (AvgIpc) is 3.04. The molecular formula is C20H27N3O4. The van der Waals surface area contributed by atoms with Crippen molar-refractivity contribution in [3.05, 3.63) is 35.4 Å². The normalized spacial score (nSPS) is 20.1. The highest BCUT2D eigenvalue weighted by atomic mass is 16.6. The van der Waals surface area contributed by atoms with Crippen LogP contribution >= 0.6 is 0 Å².